The van der Waals surface area contributed by atoms with Gasteiger partial charge in [-0.2, -0.15) is 0 Å². The SMILES string of the molecule is CC1CNCC1N1CCS(=O)(=O)CC1. The van der Waals surface area contributed by atoms with E-state index in [1.165, 1.54) is 0 Å². The highest BCUT2D eigenvalue weighted by Gasteiger charge is 2.32. The van der Waals surface area contributed by atoms with E-state index in [1.807, 2.05) is 0 Å². The molecule has 0 bridgehead atoms. The van der Waals surface area contributed by atoms with E-state index >= 15 is 0 Å². The van der Waals surface area contributed by atoms with Crippen molar-refractivity contribution in [3.8, 4) is 0 Å². The number of nitrogens with one attached hydrogen (secondary N) is 1. The van der Waals surface area contributed by atoms with Crippen LogP contribution < -0.4 is 5.32 Å². The zero-order valence-electron chi connectivity index (χ0n) is 8.57. The van der Waals surface area contributed by atoms with Gasteiger partial charge in [-0.3, -0.25) is 4.90 Å². The van der Waals surface area contributed by atoms with Crippen LogP contribution in [0.4, 0.5) is 0 Å². The summed E-state index contributed by atoms with van der Waals surface area (Å²) in [5, 5.41) is 3.35. The zero-order chi connectivity index (χ0) is 10.2. The van der Waals surface area contributed by atoms with Gasteiger partial charge < -0.3 is 5.32 Å². The maximum Gasteiger partial charge on any atom is 0.152 e. The van der Waals surface area contributed by atoms with Crippen molar-refractivity contribution in [3.63, 3.8) is 0 Å². The summed E-state index contributed by atoms with van der Waals surface area (Å²) in [6, 6.07) is 0.547. The van der Waals surface area contributed by atoms with Crippen LogP contribution >= 0.6 is 0 Å². The Morgan fingerprint density at radius 3 is 2.36 bits per heavy atom. The molecular formula is C9H18N2O2S. The highest BCUT2D eigenvalue weighted by Crippen LogP contribution is 2.17. The second kappa shape index (κ2) is 3.79. The molecule has 2 saturated heterocycles. The third kappa shape index (κ3) is 2.10. The fourth-order valence-corrected chi connectivity index (χ4v) is 3.57. The summed E-state index contributed by atoms with van der Waals surface area (Å²) in [5.74, 6) is 1.34. The standard InChI is InChI=1S/C9H18N2O2S/c1-8-6-10-7-9(8)11-2-4-14(12,13)5-3-11/h8-10H,2-7H2,1H3. The van der Waals surface area contributed by atoms with Gasteiger partial charge in [-0.05, 0) is 12.5 Å². The fraction of sp³-hybridized carbons (Fsp3) is 1.00. The molecule has 0 aliphatic carbocycles. The zero-order valence-corrected chi connectivity index (χ0v) is 9.39. The van der Waals surface area contributed by atoms with E-state index in [0.29, 0.717) is 23.5 Å². The van der Waals surface area contributed by atoms with Gasteiger partial charge in [0.1, 0.15) is 0 Å². The minimum absolute atomic E-state index is 0.343. The van der Waals surface area contributed by atoms with Gasteiger partial charge >= 0.3 is 0 Å². The van der Waals surface area contributed by atoms with Gasteiger partial charge in [0.2, 0.25) is 0 Å². The van der Waals surface area contributed by atoms with Gasteiger partial charge in [0.05, 0.1) is 11.5 Å². The molecule has 0 aromatic heterocycles. The van der Waals surface area contributed by atoms with E-state index in [4.69, 9.17) is 0 Å². The molecule has 2 aliphatic rings. The second-order valence-corrected chi connectivity index (χ2v) is 6.69. The largest absolute Gasteiger partial charge is 0.315 e. The Kier molecular flexibility index (Phi) is 2.81. The van der Waals surface area contributed by atoms with Crippen LogP contribution in [-0.4, -0.2) is 57.0 Å². The molecule has 4 nitrogen and oxygen atoms in total. The monoisotopic (exact) mass is 218 g/mol. The van der Waals surface area contributed by atoms with Crippen molar-refractivity contribution in [1.29, 1.82) is 0 Å². The van der Waals surface area contributed by atoms with Crippen LogP contribution in [0.3, 0.4) is 0 Å². The van der Waals surface area contributed by atoms with E-state index in [-0.39, 0.29) is 0 Å². The third-order valence-electron chi connectivity index (χ3n) is 3.32. The number of sulfone groups is 1. The van der Waals surface area contributed by atoms with E-state index < -0.39 is 9.84 Å². The first kappa shape index (κ1) is 10.4. The maximum absolute atomic E-state index is 11.3. The summed E-state index contributed by atoms with van der Waals surface area (Å²) in [7, 11) is -2.72. The molecule has 0 saturated carbocycles. The van der Waals surface area contributed by atoms with Gasteiger partial charge in [-0.1, -0.05) is 6.92 Å². The van der Waals surface area contributed by atoms with Crippen LogP contribution in [0.25, 0.3) is 0 Å². The molecule has 2 fully saturated rings. The van der Waals surface area contributed by atoms with Crippen LogP contribution in [0.15, 0.2) is 0 Å². The van der Waals surface area contributed by atoms with Crippen LogP contribution in [-0.2, 0) is 9.84 Å². The Balaban J connectivity index is 1.95. The molecule has 2 aliphatic heterocycles. The summed E-state index contributed by atoms with van der Waals surface area (Å²) in [6.07, 6.45) is 0. The normalized spacial score (nSPS) is 38.6. The Morgan fingerprint density at radius 2 is 1.86 bits per heavy atom. The van der Waals surface area contributed by atoms with Gasteiger partial charge in [0.25, 0.3) is 0 Å². The Bertz CT molecular complexity index is 288. The molecule has 1 N–H and O–H groups in total. The minimum atomic E-state index is -2.72. The lowest BCUT2D eigenvalue weighted by atomic mass is 10.1. The summed E-state index contributed by atoms with van der Waals surface area (Å²) in [5.41, 5.74) is 0. The lowest BCUT2D eigenvalue weighted by molar-refractivity contribution is 0.192. The van der Waals surface area contributed by atoms with Crippen LogP contribution in [0.1, 0.15) is 6.92 Å². The molecule has 0 spiro atoms. The van der Waals surface area contributed by atoms with E-state index in [2.05, 4.69) is 17.1 Å². The fourth-order valence-electron chi connectivity index (χ4n) is 2.34. The first-order valence-corrected chi connectivity index (χ1v) is 7.06. The summed E-state index contributed by atoms with van der Waals surface area (Å²) >= 11 is 0. The molecule has 0 amide bonds. The smallest absolute Gasteiger partial charge is 0.152 e. The van der Waals surface area contributed by atoms with Gasteiger partial charge in [0, 0.05) is 25.7 Å². The van der Waals surface area contributed by atoms with Crippen molar-refractivity contribution in [2.45, 2.75) is 13.0 Å². The van der Waals surface area contributed by atoms with Crippen LogP contribution in [0.5, 0.6) is 0 Å². The number of hydrogen-bond acceptors (Lipinski definition) is 4. The highest BCUT2D eigenvalue weighted by atomic mass is 32.2. The Morgan fingerprint density at radius 1 is 1.21 bits per heavy atom. The summed E-state index contributed by atoms with van der Waals surface area (Å²) < 4.78 is 22.5. The predicted octanol–water partition coefficient (Wildman–Crippen LogP) is -0.675. The number of rotatable bonds is 1. The van der Waals surface area contributed by atoms with Gasteiger partial charge in [-0.25, -0.2) is 8.42 Å². The highest BCUT2D eigenvalue weighted by molar-refractivity contribution is 7.91. The number of hydrogen-bond donors (Lipinski definition) is 1. The van der Waals surface area contributed by atoms with E-state index in [9.17, 15) is 8.42 Å². The van der Waals surface area contributed by atoms with Crippen molar-refractivity contribution >= 4 is 9.84 Å². The average molecular weight is 218 g/mol. The molecule has 0 aromatic carbocycles. The molecule has 2 rings (SSSR count). The maximum atomic E-state index is 11.3. The lowest BCUT2D eigenvalue weighted by Gasteiger charge is -2.33. The van der Waals surface area contributed by atoms with Crippen molar-refractivity contribution < 1.29 is 8.42 Å². The molecule has 0 radical (unpaired) electrons. The van der Waals surface area contributed by atoms with Gasteiger partial charge in [-0.15, -0.1) is 0 Å². The Labute approximate surface area is 85.6 Å². The van der Waals surface area contributed by atoms with Crippen molar-refractivity contribution in [3.05, 3.63) is 0 Å². The first-order chi connectivity index (χ1) is 6.58. The van der Waals surface area contributed by atoms with Crippen molar-refractivity contribution in [1.82, 2.24) is 10.2 Å². The topological polar surface area (TPSA) is 49.4 Å². The van der Waals surface area contributed by atoms with Gasteiger partial charge in [0.15, 0.2) is 9.84 Å². The van der Waals surface area contributed by atoms with Crippen molar-refractivity contribution in [2.75, 3.05) is 37.7 Å². The quantitative estimate of drug-likeness (QED) is 0.634. The predicted molar refractivity (Wildman–Crippen MR) is 56.0 cm³/mol. The Hall–Kier alpha value is -0.130. The molecular weight excluding hydrogens is 200 g/mol. The van der Waals surface area contributed by atoms with Crippen LogP contribution in [0, 0.1) is 5.92 Å². The summed E-state index contributed by atoms with van der Waals surface area (Å²) in [6.45, 7) is 5.75. The van der Waals surface area contributed by atoms with E-state index in [1.54, 1.807) is 0 Å². The lowest BCUT2D eigenvalue weighted by Crippen LogP contribution is -2.48. The van der Waals surface area contributed by atoms with Crippen molar-refractivity contribution in [2.24, 2.45) is 5.92 Å². The molecule has 2 atom stereocenters. The third-order valence-corrected chi connectivity index (χ3v) is 4.93. The molecule has 2 unspecified atom stereocenters. The molecule has 14 heavy (non-hydrogen) atoms. The molecule has 82 valence electrons. The molecule has 2 heterocycles. The van der Waals surface area contributed by atoms with E-state index in [0.717, 1.165) is 26.2 Å². The molecule has 5 heteroatoms. The molecule has 0 aromatic rings. The number of nitrogens with zero attached hydrogens (tertiary/aromatic N) is 1. The second-order valence-electron chi connectivity index (χ2n) is 4.39. The average Bonchev–Trinajstić information content (AvgIpc) is 2.52. The summed E-state index contributed by atoms with van der Waals surface area (Å²) in [4.78, 5) is 2.33. The minimum Gasteiger partial charge on any atom is -0.315 e. The first-order valence-electron chi connectivity index (χ1n) is 5.24. The van der Waals surface area contributed by atoms with Crippen LogP contribution in [0.2, 0.25) is 0 Å².